The minimum Gasteiger partial charge on any atom is -0.454 e. The van der Waals surface area contributed by atoms with Crippen LogP contribution in [0.15, 0.2) is 180 Å². The summed E-state index contributed by atoms with van der Waals surface area (Å²) < 4.78 is 9.41. The zero-order chi connectivity index (χ0) is 33.0. The van der Waals surface area contributed by atoms with Crippen molar-refractivity contribution in [3.63, 3.8) is 0 Å². The number of nitrogens with zero attached hydrogens (tertiary/aromatic N) is 2. The molecule has 0 atom stereocenters. The Morgan fingerprint density at radius 2 is 1.30 bits per heavy atom. The van der Waals surface area contributed by atoms with Crippen LogP contribution in [-0.2, 0) is 0 Å². The molecule has 9 aromatic rings. The van der Waals surface area contributed by atoms with E-state index in [0.717, 1.165) is 69.3 Å². The number of hydrogen-bond acceptors (Lipinski definition) is 2. The van der Waals surface area contributed by atoms with Crippen molar-refractivity contribution in [3.8, 4) is 16.8 Å². The van der Waals surface area contributed by atoms with E-state index in [1.54, 1.807) is 0 Å². The van der Waals surface area contributed by atoms with E-state index >= 15 is 0 Å². The summed E-state index contributed by atoms with van der Waals surface area (Å²) in [6.45, 7) is 0. The lowest BCUT2D eigenvalue weighted by Crippen LogP contribution is -2.15. The maximum Gasteiger partial charge on any atom is 0.160 e. The molecule has 2 aromatic heterocycles. The van der Waals surface area contributed by atoms with Crippen molar-refractivity contribution in [3.05, 3.63) is 176 Å². The van der Waals surface area contributed by atoms with Gasteiger partial charge in [-0.2, -0.15) is 0 Å². The van der Waals surface area contributed by atoms with E-state index in [1.165, 1.54) is 38.4 Å². The van der Waals surface area contributed by atoms with Crippen molar-refractivity contribution < 1.29 is 4.42 Å². The van der Waals surface area contributed by atoms with Gasteiger partial charge in [-0.25, -0.2) is 0 Å². The molecule has 7 aromatic carbocycles. The van der Waals surface area contributed by atoms with Crippen LogP contribution in [-0.4, -0.2) is 4.57 Å². The van der Waals surface area contributed by atoms with Gasteiger partial charge in [0.15, 0.2) is 5.58 Å². The predicted octanol–water partition coefficient (Wildman–Crippen LogP) is 13.3. The summed E-state index contributed by atoms with van der Waals surface area (Å²) in [6.07, 6.45) is 10.3. The van der Waals surface area contributed by atoms with Crippen LogP contribution in [0.4, 0.5) is 11.4 Å². The molecule has 0 unspecified atom stereocenters. The van der Waals surface area contributed by atoms with Crippen molar-refractivity contribution >= 4 is 65.9 Å². The highest BCUT2D eigenvalue weighted by Crippen LogP contribution is 2.49. The fraction of sp³-hybridized carbons (Fsp3) is 0.0638. The quantitative estimate of drug-likeness (QED) is 0.186. The fourth-order valence-electron chi connectivity index (χ4n) is 7.94. The number of allylic oxidation sites excluding steroid dienone is 3. The molecule has 2 heterocycles. The molecule has 0 aliphatic heterocycles. The van der Waals surface area contributed by atoms with Crippen molar-refractivity contribution in [2.75, 3.05) is 4.90 Å². The first-order chi connectivity index (χ1) is 24.8. The lowest BCUT2D eigenvalue weighted by Gasteiger charge is -2.27. The predicted molar refractivity (Wildman–Crippen MR) is 211 cm³/mol. The molecule has 10 rings (SSSR count). The average Bonchev–Trinajstić information content (AvgIpc) is 3.61. The normalized spacial score (nSPS) is 13.4. The third-order valence-electron chi connectivity index (χ3n) is 10.2. The third kappa shape index (κ3) is 4.51. The molecule has 1 aliphatic rings. The van der Waals surface area contributed by atoms with Crippen LogP contribution >= 0.6 is 0 Å². The molecule has 3 nitrogen and oxygen atoms in total. The third-order valence-corrected chi connectivity index (χ3v) is 10.2. The molecule has 50 heavy (non-hydrogen) atoms. The Labute approximate surface area is 290 Å². The number of aromatic nitrogens is 1. The van der Waals surface area contributed by atoms with Gasteiger partial charge in [-0.15, -0.1) is 0 Å². The SMILES string of the molecule is C1=CC(N(c2ccccc2)c2cc3c(oc4ccc5ccccc5c43)c3c2c2ccccc2n3-c2ccc(-c3ccccc3)cc2)=CCCC1. The molecule has 0 radical (unpaired) electrons. The van der Waals surface area contributed by atoms with Crippen LogP contribution in [0.25, 0.3) is 71.3 Å². The molecule has 238 valence electrons. The number of anilines is 2. The monoisotopic (exact) mass is 642 g/mol. The first-order valence-corrected chi connectivity index (χ1v) is 17.5. The summed E-state index contributed by atoms with van der Waals surface area (Å²) in [5.74, 6) is 0. The van der Waals surface area contributed by atoms with Gasteiger partial charge < -0.3 is 13.9 Å². The van der Waals surface area contributed by atoms with Gasteiger partial charge in [0.2, 0.25) is 0 Å². The Kier molecular flexibility index (Phi) is 6.70. The molecule has 0 amide bonds. The molecule has 0 N–H and O–H groups in total. The first kappa shape index (κ1) is 28.7. The summed E-state index contributed by atoms with van der Waals surface area (Å²) in [6, 6.07) is 54.5. The first-order valence-electron chi connectivity index (χ1n) is 17.5. The van der Waals surface area contributed by atoms with E-state index in [2.05, 4.69) is 179 Å². The molecule has 0 bridgehead atoms. The Bertz CT molecular complexity index is 2770. The minimum atomic E-state index is 0.897. The molecule has 0 spiro atoms. The number of fused-ring (bicyclic) bond motifs is 9. The lowest BCUT2D eigenvalue weighted by molar-refractivity contribution is 0.671. The van der Waals surface area contributed by atoms with Gasteiger partial charge in [0.25, 0.3) is 0 Å². The molecule has 0 saturated carbocycles. The molecular weight excluding hydrogens is 609 g/mol. The van der Waals surface area contributed by atoms with Crippen LogP contribution < -0.4 is 4.90 Å². The van der Waals surface area contributed by atoms with Gasteiger partial charge in [-0.3, -0.25) is 0 Å². The van der Waals surface area contributed by atoms with Gasteiger partial charge in [0, 0.05) is 38.6 Å². The van der Waals surface area contributed by atoms with Crippen LogP contribution in [0, 0.1) is 0 Å². The summed E-state index contributed by atoms with van der Waals surface area (Å²) in [5.41, 5.74) is 11.0. The maximum absolute atomic E-state index is 7.00. The zero-order valence-electron chi connectivity index (χ0n) is 27.6. The number of para-hydroxylation sites is 2. The van der Waals surface area contributed by atoms with Gasteiger partial charge >= 0.3 is 0 Å². The van der Waals surface area contributed by atoms with Crippen molar-refractivity contribution in [1.29, 1.82) is 0 Å². The van der Waals surface area contributed by atoms with Crippen LogP contribution in [0.5, 0.6) is 0 Å². The van der Waals surface area contributed by atoms with Crippen LogP contribution in [0.3, 0.4) is 0 Å². The summed E-state index contributed by atoms with van der Waals surface area (Å²) in [5, 5.41) is 7.03. The lowest BCUT2D eigenvalue weighted by atomic mass is 10.0. The van der Waals surface area contributed by atoms with Crippen molar-refractivity contribution in [1.82, 2.24) is 4.57 Å². The highest BCUT2D eigenvalue weighted by molar-refractivity contribution is 6.29. The van der Waals surface area contributed by atoms with E-state index in [0.29, 0.717) is 0 Å². The molecule has 1 aliphatic carbocycles. The number of rotatable bonds is 5. The Morgan fingerprint density at radius 1 is 0.580 bits per heavy atom. The summed E-state index contributed by atoms with van der Waals surface area (Å²) in [4.78, 5) is 2.46. The highest BCUT2D eigenvalue weighted by Gasteiger charge is 2.27. The molecule has 3 heteroatoms. The number of furan rings is 1. The smallest absolute Gasteiger partial charge is 0.160 e. The molecule has 0 saturated heterocycles. The fourth-order valence-corrected chi connectivity index (χ4v) is 7.94. The minimum absolute atomic E-state index is 0.897. The standard InChI is InChI=1S/C47H34N2O/c1-2-8-19-35(18-7-1)48(36-20-9-4-10-21-36)42-31-40-44-38-22-12-11-17-34(38)27-30-43(44)50-47(40)46-45(42)39-23-13-14-24-41(39)49(46)37-28-25-33(26-29-37)32-15-5-3-6-16-32/h3-7,9-31H,1-2,8H2. The van der Waals surface area contributed by atoms with Gasteiger partial charge in [0.1, 0.15) is 5.58 Å². The van der Waals surface area contributed by atoms with E-state index in [4.69, 9.17) is 4.42 Å². The van der Waals surface area contributed by atoms with Crippen LogP contribution in [0.2, 0.25) is 0 Å². The van der Waals surface area contributed by atoms with Crippen molar-refractivity contribution in [2.45, 2.75) is 19.3 Å². The Morgan fingerprint density at radius 3 is 2.14 bits per heavy atom. The summed E-state index contributed by atoms with van der Waals surface area (Å²) in [7, 11) is 0. The Balaban J connectivity index is 1.37. The van der Waals surface area contributed by atoms with Gasteiger partial charge in [0.05, 0.1) is 16.7 Å². The molecule has 0 fully saturated rings. The number of hydrogen-bond donors (Lipinski definition) is 0. The maximum atomic E-state index is 7.00. The molecular formula is C47H34N2O. The van der Waals surface area contributed by atoms with E-state index < -0.39 is 0 Å². The number of benzene rings is 7. The zero-order valence-corrected chi connectivity index (χ0v) is 27.6. The second-order valence-electron chi connectivity index (χ2n) is 13.2. The van der Waals surface area contributed by atoms with E-state index in [9.17, 15) is 0 Å². The second kappa shape index (κ2) is 11.7. The summed E-state index contributed by atoms with van der Waals surface area (Å²) >= 11 is 0. The highest BCUT2D eigenvalue weighted by atomic mass is 16.3. The topological polar surface area (TPSA) is 21.3 Å². The Hall–Kier alpha value is -6.32. The van der Waals surface area contributed by atoms with Gasteiger partial charge in [-0.1, -0.05) is 121 Å². The van der Waals surface area contributed by atoms with E-state index in [-0.39, 0.29) is 0 Å². The second-order valence-corrected chi connectivity index (χ2v) is 13.2. The average molecular weight is 643 g/mol. The van der Waals surface area contributed by atoms with Gasteiger partial charge in [-0.05, 0) is 89.7 Å². The van der Waals surface area contributed by atoms with E-state index in [1.807, 2.05) is 0 Å². The van der Waals surface area contributed by atoms with Crippen LogP contribution in [0.1, 0.15) is 19.3 Å². The van der Waals surface area contributed by atoms with Crippen molar-refractivity contribution in [2.24, 2.45) is 0 Å². The largest absolute Gasteiger partial charge is 0.454 e.